The second-order valence-electron chi connectivity index (χ2n) is 5.20. The molecular formula is C13H17FN2O2. The van der Waals surface area contributed by atoms with Crippen LogP contribution in [-0.4, -0.2) is 34.2 Å². The summed E-state index contributed by atoms with van der Waals surface area (Å²) in [5.74, 6) is 0.178. The third kappa shape index (κ3) is 3.27. The molecule has 1 aromatic heterocycles. The van der Waals surface area contributed by atoms with E-state index >= 15 is 0 Å². The first-order valence-corrected chi connectivity index (χ1v) is 5.79. The van der Waals surface area contributed by atoms with E-state index in [1.165, 1.54) is 12.1 Å². The first kappa shape index (κ1) is 13.0. The van der Waals surface area contributed by atoms with Crippen LogP contribution in [0.5, 0.6) is 0 Å². The van der Waals surface area contributed by atoms with Crippen molar-refractivity contribution in [1.82, 2.24) is 9.88 Å². The van der Waals surface area contributed by atoms with Crippen LogP contribution in [0.3, 0.4) is 0 Å². The van der Waals surface area contributed by atoms with Gasteiger partial charge in [0.2, 0.25) is 5.89 Å². The molecule has 98 valence electrons. The van der Waals surface area contributed by atoms with Crippen LogP contribution in [0.15, 0.2) is 22.6 Å². The molecule has 1 aromatic carbocycles. The third-order valence-electron chi connectivity index (χ3n) is 2.46. The quantitative estimate of drug-likeness (QED) is 0.906. The molecule has 0 saturated heterocycles. The smallest absolute Gasteiger partial charge is 0.209 e. The minimum Gasteiger partial charge on any atom is -0.439 e. The van der Waals surface area contributed by atoms with Gasteiger partial charge < -0.3 is 9.52 Å². The molecule has 2 aromatic rings. The molecule has 5 heteroatoms. The van der Waals surface area contributed by atoms with Gasteiger partial charge in [0, 0.05) is 12.6 Å². The number of halogens is 1. The number of aromatic nitrogens is 1. The van der Waals surface area contributed by atoms with Crippen molar-refractivity contribution in [2.45, 2.75) is 26.0 Å². The van der Waals surface area contributed by atoms with E-state index in [0.717, 1.165) is 0 Å². The lowest BCUT2D eigenvalue weighted by molar-refractivity contribution is 0.0404. The van der Waals surface area contributed by atoms with Gasteiger partial charge in [-0.1, -0.05) is 0 Å². The van der Waals surface area contributed by atoms with Gasteiger partial charge in [0.25, 0.3) is 0 Å². The van der Waals surface area contributed by atoms with Gasteiger partial charge >= 0.3 is 0 Å². The molecule has 18 heavy (non-hydrogen) atoms. The number of nitrogens with zero attached hydrogens (tertiary/aromatic N) is 2. The van der Waals surface area contributed by atoms with Gasteiger partial charge in [-0.25, -0.2) is 9.37 Å². The fraction of sp³-hybridized carbons (Fsp3) is 0.462. The summed E-state index contributed by atoms with van der Waals surface area (Å²) in [6.07, 6.45) is 0. The lowest BCUT2D eigenvalue weighted by atomic mass is 10.1. The Labute approximate surface area is 105 Å². The summed E-state index contributed by atoms with van der Waals surface area (Å²) in [4.78, 5) is 6.17. The molecular weight excluding hydrogens is 235 g/mol. The van der Waals surface area contributed by atoms with Crippen LogP contribution < -0.4 is 0 Å². The van der Waals surface area contributed by atoms with E-state index in [1.54, 1.807) is 19.9 Å². The predicted octanol–water partition coefficient (Wildman–Crippen LogP) is 2.17. The zero-order valence-corrected chi connectivity index (χ0v) is 10.8. The van der Waals surface area contributed by atoms with Crippen molar-refractivity contribution in [2.24, 2.45) is 0 Å². The number of fused-ring (bicyclic) bond motifs is 1. The van der Waals surface area contributed by atoms with Gasteiger partial charge in [0.15, 0.2) is 5.58 Å². The van der Waals surface area contributed by atoms with E-state index in [2.05, 4.69) is 4.98 Å². The minimum absolute atomic E-state index is 0.338. The molecule has 2 rings (SSSR count). The second kappa shape index (κ2) is 4.66. The maximum absolute atomic E-state index is 13.0. The highest BCUT2D eigenvalue weighted by atomic mass is 19.1. The minimum atomic E-state index is -0.771. The Kier molecular flexibility index (Phi) is 3.36. The summed E-state index contributed by atoms with van der Waals surface area (Å²) in [7, 11) is 1.87. The highest BCUT2D eigenvalue weighted by molar-refractivity contribution is 5.72. The van der Waals surface area contributed by atoms with Crippen LogP contribution in [0, 0.1) is 5.82 Å². The second-order valence-corrected chi connectivity index (χ2v) is 5.20. The third-order valence-corrected chi connectivity index (χ3v) is 2.46. The first-order valence-electron chi connectivity index (χ1n) is 5.79. The van der Waals surface area contributed by atoms with Gasteiger partial charge in [-0.15, -0.1) is 0 Å². The summed E-state index contributed by atoms with van der Waals surface area (Å²) in [5, 5.41) is 9.70. The average molecular weight is 252 g/mol. The molecule has 0 amide bonds. The van der Waals surface area contributed by atoms with E-state index in [4.69, 9.17) is 4.42 Å². The molecule has 4 nitrogen and oxygen atoms in total. The molecule has 0 atom stereocenters. The van der Waals surface area contributed by atoms with Crippen molar-refractivity contribution in [3.05, 3.63) is 29.9 Å². The topological polar surface area (TPSA) is 49.5 Å². The SMILES string of the molecule is CN(Cc1nc2ccc(F)cc2o1)CC(C)(C)O. The molecule has 1 N–H and O–H groups in total. The summed E-state index contributed by atoms with van der Waals surface area (Å²) in [6.45, 7) is 4.45. The normalized spacial score (nSPS) is 12.6. The number of hydrogen-bond donors (Lipinski definition) is 1. The number of likely N-dealkylation sites (N-methyl/N-ethyl adjacent to an activating group) is 1. The van der Waals surface area contributed by atoms with E-state index in [1.807, 2.05) is 11.9 Å². The molecule has 0 bridgehead atoms. The predicted molar refractivity (Wildman–Crippen MR) is 66.6 cm³/mol. The number of rotatable bonds is 4. The van der Waals surface area contributed by atoms with Gasteiger partial charge in [-0.2, -0.15) is 0 Å². The largest absolute Gasteiger partial charge is 0.439 e. The van der Waals surface area contributed by atoms with Gasteiger partial charge in [-0.05, 0) is 33.0 Å². The lowest BCUT2D eigenvalue weighted by Gasteiger charge is -2.24. The van der Waals surface area contributed by atoms with E-state index in [9.17, 15) is 9.50 Å². The Bertz CT molecular complexity index is 545. The van der Waals surface area contributed by atoms with Gasteiger partial charge in [-0.3, -0.25) is 4.90 Å². The van der Waals surface area contributed by atoms with Crippen LogP contribution in [-0.2, 0) is 6.54 Å². The van der Waals surface area contributed by atoms with Crippen molar-refractivity contribution in [3.8, 4) is 0 Å². The van der Waals surface area contributed by atoms with E-state index in [-0.39, 0.29) is 5.82 Å². The Morgan fingerprint density at radius 2 is 2.17 bits per heavy atom. The summed E-state index contributed by atoms with van der Waals surface area (Å²) >= 11 is 0. The summed E-state index contributed by atoms with van der Waals surface area (Å²) < 4.78 is 18.5. The Hall–Kier alpha value is -1.46. The number of oxazole rings is 1. The van der Waals surface area contributed by atoms with Crippen molar-refractivity contribution in [2.75, 3.05) is 13.6 Å². The highest BCUT2D eigenvalue weighted by Crippen LogP contribution is 2.18. The zero-order valence-electron chi connectivity index (χ0n) is 10.8. The Morgan fingerprint density at radius 3 is 2.83 bits per heavy atom. The number of aliphatic hydroxyl groups is 1. The highest BCUT2D eigenvalue weighted by Gasteiger charge is 2.17. The maximum atomic E-state index is 13.0. The van der Waals surface area contributed by atoms with Crippen molar-refractivity contribution in [1.29, 1.82) is 0 Å². The average Bonchev–Trinajstić information content (AvgIpc) is 2.55. The lowest BCUT2D eigenvalue weighted by Crippen LogP contribution is -2.35. The van der Waals surface area contributed by atoms with Crippen molar-refractivity contribution >= 4 is 11.1 Å². The molecule has 0 aliphatic heterocycles. The Balaban J connectivity index is 2.12. The summed E-state index contributed by atoms with van der Waals surface area (Å²) in [5.41, 5.74) is 0.317. The van der Waals surface area contributed by atoms with Crippen LogP contribution in [0.1, 0.15) is 19.7 Å². The molecule has 0 aliphatic carbocycles. The Morgan fingerprint density at radius 1 is 1.44 bits per heavy atom. The molecule has 0 unspecified atom stereocenters. The fourth-order valence-corrected chi connectivity index (χ4v) is 1.96. The van der Waals surface area contributed by atoms with Crippen LogP contribution in [0.2, 0.25) is 0 Å². The van der Waals surface area contributed by atoms with Crippen molar-refractivity contribution in [3.63, 3.8) is 0 Å². The number of benzene rings is 1. The monoisotopic (exact) mass is 252 g/mol. The zero-order chi connectivity index (χ0) is 13.3. The maximum Gasteiger partial charge on any atom is 0.209 e. The molecule has 0 aliphatic rings. The summed E-state index contributed by atoms with van der Waals surface area (Å²) in [6, 6.07) is 4.27. The van der Waals surface area contributed by atoms with E-state index < -0.39 is 5.60 Å². The van der Waals surface area contributed by atoms with Crippen LogP contribution >= 0.6 is 0 Å². The van der Waals surface area contributed by atoms with Crippen molar-refractivity contribution < 1.29 is 13.9 Å². The number of hydrogen-bond acceptors (Lipinski definition) is 4. The first-order chi connectivity index (χ1) is 8.33. The molecule has 0 spiro atoms. The fourth-order valence-electron chi connectivity index (χ4n) is 1.96. The van der Waals surface area contributed by atoms with Crippen LogP contribution in [0.25, 0.3) is 11.1 Å². The standard InChI is InChI=1S/C13H17FN2O2/c1-13(2,17)8-16(3)7-12-15-10-5-4-9(14)6-11(10)18-12/h4-6,17H,7-8H2,1-3H3. The van der Waals surface area contributed by atoms with Crippen LogP contribution in [0.4, 0.5) is 4.39 Å². The van der Waals surface area contributed by atoms with E-state index in [0.29, 0.717) is 30.1 Å². The van der Waals surface area contributed by atoms with Gasteiger partial charge in [0.05, 0.1) is 12.1 Å². The molecule has 1 heterocycles. The molecule has 0 fully saturated rings. The molecule has 0 radical (unpaired) electrons. The molecule has 0 saturated carbocycles. The van der Waals surface area contributed by atoms with Gasteiger partial charge in [0.1, 0.15) is 11.3 Å².